The summed E-state index contributed by atoms with van der Waals surface area (Å²) in [4.78, 5) is 6.86. The Morgan fingerprint density at radius 1 is 1.38 bits per heavy atom. The summed E-state index contributed by atoms with van der Waals surface area (Å²) in [5, 5.41) is 3.16. The third-order valence-corrected chi connectivity index (χ3v) is 3.56. The second kappa shape index (κ2) is 7.88. The lowest BCUT2D eigenvalue weighted by molar-refractivity contribution is 0.123. The molecule has 1 heterocycles. The molecule has 0 spiro atoms. The molecule has 1 aliphatic rings. The first-order valence-corrected chi connectivity index (χ1v) is 7.72. The zero-order valence-corrected chi connectivity index (χ0v) is 13.1. The summed E-state index contributed by atoms with van der Waals surface area (Å²) in [5.41, 5.74) is 9.27. The number of nitrogens with two attached hydrogens (primary N) is 1. The zero-order chi connectivity index (χ0) is 15.1. The minimum Gasteiger partial charge on any atom is -0.378 e. The van der Waals surface area contributed by atoms with Crippen LogP contribution >= 0.6 is 0 Å². The van der Waals surface area contributed by atoms with E-state index in [-0.39, 0.29) is 0 Å². The summed E-state index contributed by atoms with van der Waals surface area (Å²) >= 11 is 0. The van der Waals surface area contributed by atoms with E-state index in [0.29, 0.717) is 5.96 Å². The van der Waals surface area contributed by atoms with Crippen molar-refractivity contribution >= 4 is 17.3 Å². The Kier molecular flexibility index (Phi) is 5.87. The number of guanidine groups is 1. The van der Waals surface area contributed by atoms with Gasteiger partial charge < -0.3 is 20.7 Å². The predicted molar refractivity (Wildman–Crippen MR) is 88.4 cm³/mol. The van der Waals surface area contributed by atoms with Crippen molar-refractivity contribution in [3.8, 4) is 0 Å². The largest absolute Gasteiger partial charge is 0.378 e. The molecule has 21 heavy (non-hydrogen) atoms. The summed E-state index contributed by atoms with van der Waals surface area (Å²) in [6.07, 6.45) is 2.24. The highest BCUT2D eigenvalue weighted by Gasteiger charge is 2.15. The SMILES string of the molecule is CCCCNC(N)=Nc1ccc(C)cc1N1CCOCC1. The van der Waals surface area contributed by atoms with Crippen LogP contribution in [0.15, 0.2) is 23.2 Å². The summed E-state index contributed by atoms with van der Waals surface area (Å²) < 4.78 is 5.42. The Hall–Kier alpha value is -1.75. The highest BCUT2D eigenvalue weighted by atomic mass is 16.5. The van der Waals surface area contributed by atoms with Gasteiger partial charge in [0, 0.05) is 19.6 Å². The van der Waals surface area contributed by atoms with E-state index in [9.17, 15) is 0 Å². The van der Waals surface area contributed by atoms with E-state index >= 15 is 0 Å². The molecule has 1 aliphatic heterocycles. The number of aliphatic imine (C=N–C) groups is 1. The number of aryl methyl sites for hydroxylation is 1. The lowest BCUT2D eigenvalue weighted by atomic mass is 10.1. The van der Waals surface area contributed by atoms with E-state index in [2.05, 4.69) is 41.2 Å². The number of hydrogen-bond donors (Lipinski definition) is 2. The summed E-state index contributed by atoms with van der Waals surface area (Å²) in [6.45, 7) is 8.45. The Labute approximate surface area is 127 Å². The number of ether oxygens (including phenoxy) is 1. The molecule has 0 amide bonds. The fourth-order valence-electron chi connectivity index (χ4n) is 2.35. The van der Waals surface area contributed by atoms with Gasteiger partial charge in [-0.15, -0.1) is 0 Å². The molecule has 116 valence electrons. The molecule has 0 aliphatic carbocycles. The molecule has 1 saturated heterocycles. The van der Waals surface area contributed by atoms with E-state index in [1.54, 1.807) is 0 Å². The monoisotopic (exact) mass is 290 g/mol. The van der Waals surface area contributed by atoms with Gasteiger partial charge in [0.1, 0.15) is 0 Å². The summed E-state index contributed by atoms with van der Waals surface area (Å²) in [5.74, 6) is 0.488. The molecule has 1 fully saturated rings. The number of nitrogens with zero attached hydrogens (tertiary/aromatic N) is 2. The Bertz CT molecular complexity index is 481. The molecule has 0 aromatic heterocycles. The second-order valence-electron chi connectivity index (χ2n) is 5.37. The van der Waals surface area contributed by atoms with Crippen molar-refractivity contribution in [2.24, 2.45) is 10.7 Å². The lowest BCUT2D eigenvalue weighted by Gasteiger charge is -2.30. The van der Waals surface area contributed by atoms with Crippen LogP contribution in [0.4, 0.5) is 11.4 Å². The van der Waals surface area contributed by atoms with E-state index in [1.165, 1.54) is 5.56 Å². The topological polar surface area (TPSA) is 62.9 Å². The summed E-state index contributed by atoms with van der Waals surface area (Å²) in [6, 6.07) is 6.28. The zero-order valence-electron chi connectivity index (χ0n) is 13.1. The normalized spacial score (nSPS) is 16.1. The number of unbranched alkanes of at least 4 members (excludes halogenated alkanes) is 1. The van der Waals surface area contributed by atoms with Gasteiger partial charge in [0.2, 0.25) is 0 Å². The maximum absolute atomic E-state index is 5.98. The minimum atomic E-state index is 0.488. The van der Waals surface area contributed by atoms with Crippen LogP contribution in [-0.4, -0.2) is 38.8 Å². The van der Waals surface area contributed by atoms with Gasteiger partial charge in [0.15, 0.2) is 5.96 Å². The maximum Gasteiger partial charge on any atom is 0.193 e. The van der Waals surface area contributed by atoms with Crippen LogP contribution in [0, 0.1) is 6.92 Å². The average Bonchev–Trinajstić information content (AvgIpc) is 2.50. The lowest BCUT2D eigenvalue weighted by Crippen LogP contribution is -2.36. The van der Waals surface area contributed by atoms with Crippen LogP contribution in [0.3, 0.4) is 0 Å². The third-order valence-electron chi connectivity index (χ3n) is 3.56. The smallest absolute Gasteiger partial charge is 0.193 e. The molecule has 0 saturated carbocycles. The van der Waals surface area contributed by atoms with Crippen molar-refractivity contribution in [3.63, 3.8) is 0 Å². The van der Waals surface area contributed by atoms with E-state index in [4.69, 9.17) is 10.5 Å². The average molecular weight is 290 g/mol. The molecule has 0 unspecified atom stereocenters. The van der Waals surface area contributed by atoms with Crippen molar-refractivity contribution < 1.29 is 4.74 Å². The number of nitrogens with one attached hydrogen (secondary N) is 1. The van der Waals surface area contributed by atoms with Crippen LogP contribution in [0.5, 0.6) is 0 Å². The number of benzene rings is 1. The van der Waals surface area contributed by atoms with Gasteiger partial charge in [-0.3, -0.25) is 0 Å². The molecule has 0 atom stereocenters. The number of anilines is 1. The molecule has 2 rings (SSSR count). The Morgan fingerprint density at radius 2 is 2.14 bits per heavy atom. The molecule has 3 N–H and O–H groups in total. The molecule has 0 bridgehead atoms. The highest BCUT2D eigenvalue weighted by molar-refractivity contribution is 5.84. The molecule has 1 aromatic rings. The van der Waals surface area contributed by atoms with Crippen LogP contribution in [0.1, 0.15) is 25.3 Å². The molecule has 5 nitrogen and oxygen atoms in total. The predicted octanol–water partition coefficient (Wildman–Crippen LogP) is 2.17. The fraction of sp³-hybridized carbons (Fsp3) is 0.562. The number of morpholine rings is 1. The van der Waals surface area contributed by atoms with Gasteiger partial charge >= 0.3 is 0 Å². The van der Waals surface area contributed by atoms with Crippen LogP contribution in [0.2, 0.25) is 0 Å². The molecular weight excluding hydrogens is 264 g/mol. The number of hydrogen-bond acceptors (Lipinski definition) is 3. The van der Waals surface area contributed by atoms with Gasteiger partial charge in [0.05, 0.1) is 24.6 Å². The Balaban J connectivity index is 2.15. The highest BCUT2D eigenvalue weighted by Crippen LogP contribution is 2.30. The minimum absolute atomic E-state index is 0.488. The Morgan fingerprint density at radius 3 is 2.86 bits per heavy atom. The van der Waals surface area contributed by atoms with Crippen molar-refractivity contribution in [1.29, 1.82) is 0 Å². The third kappa shape index (κ3) is 4.63. The van der Waals surface area contributed by atoms with Gasteiger partial charge in [-0.2, -0.15) is 0 Å². The van der Waals surface area contributed by atoms with Crippen molar-refractivity contribution in [1.82, 2.24) is 5.32 Å². The van der Waals surface area contributed by atoms with E-state index in [0.717, 1.165) is 57.1 Å². The van der Waals surface area contributed by atoms with Gasteiger partial charge in [-0.25, -0.2) is 4.99 Å². The quantitative estimate of drug-likeness (QED) is 0.495. The molecule has 1 aromatic carbocycles. The van der Waals surface area contributed by atoms with E-state index < -0.39 is 0 Å². The van der Waals surface area contributed by atoms with E-state index in [1.807, 2.05) is 6.07 Å². The molecule has 5 heteroatoms. The first-order chi connectivity index (χ1) is 10.2. The van der Waals surface area contributed by atoms with Gasteiger partial charge in [-0.1, -0.05) is 19.4 Å². The molecular formula is C16H26N4O. The van der Waals surface area contributed by atoms with Gasteiger partial charge in [-0.05, 0) is 31.0 Å². The van der Waals surface area contributed by atoms with Crippen LogP contribution in [0.25, 0.3) is 0 Å². The van der Waals surface area contributed by atoms with Crippen molar-refractivity contribution in [2.45, 2.75) is 26.7 Å². The second-order valence-corrected chi connectivity index (χ2v) is 5.37. The van der Waals surface area contributed by atoms with Crippen molar-refractivity contribution in [3.05, 3.63) is 23.8 Å². The maximum atomic E-state index is 5.98. The molecule has 0 radical (unpaired) electrons. The van der Waals surface area contributed by atoms with Crippen LogP contribution in [-0.2, 0) is 4.74 Å². The first kappa shape index (κ1) is 15.6. The van der Waals surface area contributed by atoms with Crippen LogP contribution < -0.4 is 16.0 Å². The summed E-state index contributed by atoms with van der Waals surface area (Å²) in [7, 11) is 0. The van der Waals surface area contributed by atoms with Gasteiger partial charge in [0.25, 0.3) is 0 Å². The van der Waals surface area contributed by atoms with Crippen molar-refractivity contribution in [2.75, 3.05) is 37.7 Å². The first-order valence-electron chi connectivity index (χ1n) is 7.72. The standard InChI is InChI=1S/C16H26N4O/c1-3-4-7-18-16(17)19-14-6-5-13(2)12-15(14)20-8-10-21-11-9-20/h5-6,12H,3-4,7-11H2,1-2H3,(H3,17,18,19). The fourth-order valence-corrected chi connectivity index (χ4v) is 2.35. The number of rotatable bonds is 5.